The largest absolute Gasteiger partial charge is 0.392 e. The summed E-state index contributed by atoms with van der Waals surface area (Å²) in [6.45, 7) is 0.977. The van der Waals surface area contributed by atoms with E-state index in [0.717, 1.165) is 18.5 Å². The highest BCUT2D eigenvalue weighted by Gasteiger charge is 2.28. The molecule has 0 atom stereocenters. The highest BCUT2D eigenvalue weighted by molar-refractivity contribution is 7.80. The molecule has 0 saturated carbocycles. The minimum absolute atomic E-state index is 0.0363. The molecule has 3 heteroatoms. The van der Waals surface area contributed by atoms with Crippen molar-refractivity contribution in [3.8, 4) is 0 Å². The maximum absolute atomic E-state index is 10.3. The summed E-state index contributed by atoms with van der Waals surface area (Å²) in [6.07, 6.45) is 1.03. The number of aliphatic hydroxyl groups excluding tert-OH is 1. The van der Waals surface area contributed by atoms with Crippen molar-refractivity contribution < 1.29 is 5.11 Å². The van der Waals surface area contributed by atoms with Gasteiger partial charge in [0.15, 0.2) is 0 Å². The fraction of sp³-hybridized carbons (Fsp3) is 0.111. The van der Waals surface area contributed by atoms with Crippen LogP contribution in [0.25, 0.3) is 0 Å². The summed E-state index contributed by atoms with van der Waals surface area (Å²) in [5.74, 6) is 0. The van der Waals surface area contributed by atoms with Gasteiger partial charge in [-0.1, -0.05) is 97.1 Å². The predicted molar refractivity (Wildman–Crippen MR) is 128 cm³/mol. The standard InChI is InChI=1S/C27H24NOP/c29-20-22-11-9-17-26(27(22)28-19-18-21-10-7-8-16-25(21)28)30(23-12-3-1-4-13-23)24-14-5-2-6-15-24/h1-17,29H,18-20H2. The van der Waals surface area contributed by atoms with Gasteiger partial charge < -0.3 is 10.0 Å². The van der Waals surface area contributed by atoms with Gasteiger partial charge in [-0.3, -0.25) is 0 Å². The summed E-state index contributed by atoms with van der Waals surface area (Å²) in [4.78, 5) is 2.41. The van der Waals surface area contributed by atoms with Gasteiger partial charge in [-0.25, -0.2) is 0 Å². The van der Waals surface area contributed by atoms with E-state index in [1.165, 1.54) is 32.9 Å². The second-order valence-electron chi connectivity index (χ2n) is 7.48. The Balaban J connectivity index is 1.74. The summed E-state index contributed by atoms with van der Waals surface area (Å²) >= 11 is 0. The van der Waals surface area contributed by atoms with Crippen molar-refractivity contribution in [3.05, 3.63) is 114 Å². The van der Waals surface area contributed by atoms with E-state index in [-0.39, 0.29) is 6.61 Å². The van der Waals surface area contributed by atoms with Gasteiger partial charge in [0.05, 0.1) is 12.3 Å². The molecule has 30 heavy (non-hydrogen) atoms. The number of fused-ring (bicyclic) bond motifs is 1. The minimum Gasteiger partial charge on any atom is -0.392 e. The fourth-order valence-corrected chi connectivity index (χ4v) is 6.86. The highest BCUT2D eigenvalue weighted by atomic mass is 31.1. The Morgan fingerprint density at radius 3 is 2.00 bits per heavy atom. The first-order valence-corrected chi connectivity index (χ1v) is 11.7. The van der Waals surface area contributed by atoms with Gasteiger partial charge in [-0.05, 0) is 36.6 Å². The van der Waals surface area contributed by atoms with Crippen molar-refractivity contribution in [1.29, 1.82) is 0 Å². The molecule has 2 nitrogen and oxygen atoms in total. The Morgan fingerprint density at radius 2 is 1.33 bits per heavy atom. The number of anilines is 2. The molecule has 0 bridgehead atoms. The second kappa shape index (κ2) is 8.44. The molecule has 148 valence electrons. The molecule has 1 heterocycles. The Kier molecular flexibility index (Phi) is 5.36. The predicted octanol–water partition coefficient (Wildman–Crippen LogP) is 4.63. The summed E-state index contributed by atoms with van der Waals surface area (Å²) < 4.78 is 0. The molecule has 0 unspecified atom stereocenters. The summed E-state index contributed by atoms with van der Waals surface area (Å²) in [7, 11) is -0.747. The summed E-state index contributed by atoms with van der Waals surface area (Å²) in [6, 6.07) is 36.6. The second-order valence-corrected chi connectivity index (χ2v) is 9.67. The minimum atomic E-state index is -0.747. The lowest BCUT2D eigenvalue weighted by Gasteiger charge is -2.30. The van der Waals surface area contributed by atoms with E-state index in [1.54, 1.807) is 0 Å². The number of rotatable bonds is 5. The van der Waals surface area contributed by atoms with Gasteiger partial charge in [0.25, 0.3) is 0 Å². The number of nitrogens with zero attached hydrogens (tertiary/aromatic N) is 1. The molecule has 1 N–H and O–H groups in total. The third kappa shape index (κ3) is 3.43. The lowest BCUT2D eigenvalue weighted by Crippen LogP contribution is -2.28. The number of para-hydroxylation sites is 2. The molecule has 0 aromatic heterocycles. The van der Waals surface area contributed by atoms with E-state index < -0.39 is 7.92 Å². The zero-order chi connectivity index (χ0) is 20.3. The molecule has 0 fully saturated rings. The van der Waals surface area contributed by atoms with Crippen molar-refractivity contribution in [1.82, 2.24) is 0 Å². The van der Waals surface area contributed by atoms with Crippen molar-refractivity contribution in [2.24, 2.45) is 0 Å². The fourth-order valence-electron chi connectivity index (χ4n) is 4.35. The van der Waals surface area contributed by atoms with Crippen LogP contribution in [-0.2, 0) is 13.0 Å². The van der Waals surface area contributed by atoms with Crippen LogP contribution < -0.4 is 20.8 Å². The summed E-state index contributed by atoms with van der Waals surface area (Å²) in [5, 5.41) is 14.2. The SMILES string of the molecule is OCc1cccc(P(c2ccccc2)c2ccccc2)c1N1CCc2ccccc21. The molecule has 0 radical (unpaired) electrons. The lowest BCUT2D eigenvalue weighted by atomic mass is 10.1. The molecule has 0 aliphatic carbocycles. The van der Waals surface area contributed by atoms with Gasteiger partial charge in [0.1, 0.15) is 0 Å². The number of aliphatic hydroxyl groups is 1. The first-order valence-electron chi connectivity index (χ1n) is 10.4. The molecular formula is C27H24NOP. The molecule has 4 aromatic rings. The van der Waals surface area contributed by atoms with Crippen LogP contribution in [0.3, 0.4) is 0 Å². The first kappa shape index (κ1) is 19.1. The molecule has 0 amide bonds. The Hall–Kier alpha value is -2.93. The first-order chi connectivity index (χ1) is 14.9. The van der Waals surface area contributed by atoms with Crippen LogP contribution in [0.4, 0.5) is 11.4 Å². The van der Waals surface area contributed by atoms with Crippen LogP contribution in [0.1, 0.15) is 11.1 Å². The van der Waals surface area contributed by atoms with Gasteiger partial charge in [-0.2, -0.15) is 0 Å². The zero-order valence-corrected chi connectivity index (χ0v) is 17.7. The topological polar surface area (TPSA) is 23.5 Å². The normalized spacial score (nSPS) is 12.9. The molecular weight excluding hydrogens is 385 g/mol. The monoisotopic (exact) mass is 409 g/mol. The average molecular weight is 409 g/mol. The number of hydrogen-bond acceptors (Lipinski definition) is 2. The number of hydrogen-bond donors (Lipinski definition) is 1. The lowest BCUT2D eigenvalue weighted by molar-refractivity contribution is 0.282. The van der Waals surface area contributed by atoms with Crippen LogP contribution in [0, 0.1) is 0 Å². The van der Waals surface area contributed by atoms with Crippen molar-refractivity contribution in [2.45, 2.75) is 13.0 Å². The van der Waals surface area contributed by atoms with E-state index in [0.29, 0.717) is 0 Å². The molecule has 4 aromatic carbocycles. The molecule has 5 rings (SSSR count). The van der Waals surface area contributed by atoms with E-state index in [2.05, 4.69) is 108 Å². The van der Waals surface area contributed by atoms with Crippen LogP contribution in [0.2, 0.25) is 0 Å². The third-order valence-corrected chi connectivity index (χ3v) is 8.17. The molecule has 1 aliphatic rings. The van der Waals surface area contributed by atoms with E-state index in [1.807, 2.05) is 0 Å². The average Bonchev–Trinajstić information content (AvgIpc) is 3.24. The Labute approximate surface area is 179 Å². The molecule has 1 aliphatic heterocycles. The van der Waals surface area contributed by atoms with Crippen LogP contribution >= 0.6 is 7.92 Å². The van der Waals surface area contributed by atoms with Crippen molar-refractivity contribution in [2.75, 3.05) is 11.4 Å². The molecule has 0 saturated heterocycles. The smallest absolute Gasteiger partial charge is 0.0702 e. The number of benzene rings is 4. The van der Waals surface area contributed by atoms with Gasteiger partial charge in [-0.15, -0.1) is 0 Å². The Bertz CT molecular complexity index is 1100. The van der Waals surface area contributed by atoms with Crippen LogP contribution in [-0.4, -0.2) is 11.7 Å². The van der Waals surface area contributed by atoms with Gasteiger partial charge in [0.2, 0.25) is 0 Å². The zero-order valence-electron chi connectivity index (χ0n) is 16.8. The van der Waals surface area contributed by atoms with E-state index in [9.17, 15) is 5.11 Å². The highest BCUT2D eigenvalue weighted by Crippen LogP contribution is 2.42. The van der Waals surface area contributed by atoms with E-state index >= 15 is 0 Å². The van der Waals surface area contributed by atoms with Crippen molar-refractivity contribution in [3.63, 3.8) is 0 Å². The van der Waals surface area contributed by atoms with Crippen molar-refractivity contribution >= 4 is 35.2 Å². The summed E-state index contributed by atoms with van der Waals surface area (Å²) in [5.41, 5.74) is 4.79. The van der Waals surface area contributed by atoms with Crippen LogP contribution in [0.5, 0.6) is 0 Å². The van der Waals surface area contributed by atoms with Gasteiger partial charge >= 0.3 is 0 Å². The van der Waals surface area contributed by atoms with Crippen LogP contribution in [0.15, 0.2) is 103 Å². The Morgan fingerprint density at radius 1 is 0.700 bits per heavy atom. The molecule has 0 spiro atoms. The maximum atomic E-state index is 10.3. The van der Waals surface area contributed by atoms with Gasteiger partial charge in [0, 0.05) is 23.1 Å². The third-order valence-electron chi connectivity index (χ3n) is 5.70. The van der Waals surface area contributed by atoms with E-state index in [4.69, 9.17) is 0 Å². The quantitative estimate of drug-likeness (QED) is 0.486. The maximum Gasteiger partial charge on any atom is 0.0702 e.